The van der Waals surface area contributed by atoms with E-state index in [-0.39, 0.29) is 5.38 Å². The Morgan fingerprint density at radius 1 is 1.24 bits per heavy atom. The Hall–Kier alpha value is 0.460. The van der Waals surface area contributed by atoms with E-state index < -0.39 is 0 Å². The molecule has 17 heavy (non-hydrogen) atoms. The van der Waals surface area contributed by atoms with E-state index in [1.165, 1.54) is 0 Å². The molecule has 0 aliphatic heterocycles. The molecule has 0 saturated carbocycles. The van der Waals surface area contributed by atoms with Gasteiger partial charge in [0.05, 0.1) is 9.16 Å². The highest BCUT2D eigenvalue weighted by Crippen LogP contribution is 2.39. The first-order valence-electron chi connectivity index (χ1n) is 4.90. The number of rotatable bonds is 3. The van der Waals surface area contributed by atoms with Crippen LogP contribution < -0.4 is 0 Å². The molecule has 2 rings (SSSR count). The minimum atomic E-state index is -0.0532. The SMILES string of the molecule is Clc1ccccc1CC(Cl)c1cc(Br)c(Br)s1. The zero-order valence-corrected chi connectivity index (χ0v) is 14.1. The lowest BCUT2D eigenvalue weighted by atomic mass is 10.1. The van der Waals surface area contributed by atoms with E-state index in [0.717, 1.165) is 30.1 Å². The summed E-state index contributed by atoms with van der Waals surface area (Å²) in [6.45, 7) is 0. The monoisotopic (exact) mass is 412 g/mol. The lowest BCUT2D eigenvalue weighted by molar-refractivity contribution is 0.940. The highest BCUT2D eigenvalue weighted by atomic mass is 79.9. The van der Waals surface area contributed by atoms with E-state index in [9.17, 15) is 0 Å². The minimum Gasteiger partial charge on any atom is -0.130 e. The molecule has 5 heteroatoms. The molecule has 0 bridgehead atoms. The van der Waals surface area contributed by atoms with E-state index in [1.54, 1.807) is 11.3 Å². The fourth-order valence-corrected chi connectivity index (χ4v) is 4.12. The van der Waals surface area contributed by atoms with Crippen LogP contribution in [0.25, 0.3) is 0 Å². The molecule has 0 fully saturated rings. The van der Waals surface area contributed by atoms with Crippen molar-refractivity contribution >= 4 is 66.4 Å². The Kier molecular flexibility index (Phi) is 4.96. The summed E-state index contributed by atoms with van der Waals surface area (Å²) in [6, 6.07) is 9.85. The smallest absolute Gasteiger partial charge is 0.0843 e. The molecule has 1 aromatic carbocycles. The number of hydrogen-bond acceptors (Lipinski definition) is 1. The van der Waals surface area contributed by atoms with Gasteiger partial charge in [-0.2, -0.15) is 0 Å². The molecule has 1 heterocycles. The van der Waals surface area contributed by atoms with E-state index in [0.29, 0.717) is 0 Å². The zero-order chi connectivity index (χ0) is 12.4. The van der Waals surface area contributed by atoms with Crippen LogP contribution in [0.1, 0.15) is 15.8 Å². The molecule has 0 radical (unpaired) electrons. The topological polar surface area (TPSA) is 0 Å². The maximum Gasteiger partial charge on any atom is 0.0843 e. The van der Waals surface area contributed by atoms with Crippen molar-refractivity contribution in [2.24, 2.45) is 0 Å². The second-order valence-electron chi connectivity index (χ2n) is 3.53. The third-order valence-corrected chi connectivity index (χ3v) is 6.59. The van der Waals surface area contributed by atoms with Gasteiger partial charge in [-0.1, -0.05) is 29.8 Å². The van der Waals surface area contributed by atoms with Crippen molar-refractivity contribution < 1.29 is 0 Å². The summed E-state index contributed by atoms with van der Waals surface area (Å²) >= 11 is 21.1. The lowest BCUT2D eigenvalue weighted by Gasteiger charge is -2.08. The number of halogens is 4. The molecule has 0 nitrogen and oxygen atoms in total. The van der Waals surface area contributed by atoms with Crippen molar-refractivity contribution in [1.29, 1.82) is 0 Å². The second kappa shape index (κ2) is 6.07. The first-order valence-corrected chi connectivity index (χ1v) is 8.12. The van der Waals surface area contributed by atoms with E-state index in [1.807, 2.05) is 30.3 Å². The minimum absolute atomic E-state index is 0.0532. The highest BCUT2D eigenvalue weighted by Gasteiger charge is 2.15. The summed E-state index contributed by atoms with van der Waals surface area (Å²) in [7, 11) is 0. The fraction of sp³-hybridized carbons (Fsp3) is 0.167. The van der Waals surface area contributed by atoms with Crippen LogP contribution in [0.15, 0.2) is 38.6 Å². The zero-order valence-electron chi connectivity index (χ0n) is 8.59. The molecule has 1 unspecified atom stereocenters. The van der Waals surface area contributed by atoms with Gasteiger partial charge in [0.15, 0.2) is 0 Å². The molecular formula is C12H8Br2Cl2S. The van der Waals surface area contributed by atoms with Gasteiger partial charge in [-0.15, -0.1) is 22.9 Å². The Bertz CT molecular complexity index is 505. The maximum absolute atomic E-state index is 6.41. The number of alkyl halides is 1. The maximum atomic E-state index is 6.41. The van der Waals surface area contributed by atoms with Crippen LogP contribution in [0.5, 0.6) is 0 Å². The average Bonchev–Trinajstić information content (AvgIpc) is 2.63. The predicted molar refractivity (Wildman–Crippen MR) is 83.5 cm³/mol. The fourth-order valence-electron chi connectivity index (χ4n) is 1.48. The van der Waals surface area contributed by atoms with Gasteiger partial charge in [-0.25, -0.2) is 0 Å². The van der Waals surface area contributed by atoms with Gasteiger partial charge in [0.25, 0.3) is 0 Å². The molecule has 0 amide bonds. The standard InChI is InChI=1S/C12H8Br2Cl2S/c13-8-6-11(17-12(8)14)10(16)5-7-3-1-2-4-9(7)15/h1-4,6,10H,5H2. The Morgan fingerprint density at radius 2 is 1.94 bits per heavy atom. The Labute approximate surface area is 131 Å². The van der Waals surface area contributed by atoms with Crippen molar-refractivity contribution in [3.05, 3.63) is 54.1 Å². The van der Waals surface area contributed by atoms with Crippen LogP contribution in [0.2, 0.25) is 5.02 Å². The first-order chi connectivity index (χ1) is 8.08. The van der Waals surface area contributed by atoms with Crippen LogP contribution in [-0.4, -0.2) is 0 Å². The molecule has 90 valence electrons. The van der Waals surface area contributed by atoms with Crippen LogP contribution in [0.3, 0.4) is 0 Å². The second-order valence-corrected chi connectivity index (χ2v) is 7.72. The molecular weight excluding hydrogens is 407 g/mol. The molecule has 1 aromatic heterocycles. The van der Waals surface area contributed by atoms with Gasteiger partial charge in [0, 0.05) is 14.4 Å². The van der Waals surface area contributed by atoms with E-state index in [4.69, 9.17) is 23.2 Å². The normalized spacial score (nSPS) is 12.7. The molecule has 0 aliphatic rings. The van der Waals surface area contributed by atoms with Crippen LogP contribution in [-0.2, 0) is 6.42 Å². The van der Waals surface area contributed by atoms with E-state index in [2.05, 4.69) is 31.9 Å². The average molecular weight is 415 g/mol. The number of thiophene rings is 1. The van der Waals surface area contributed by atoms with Crippen molar-refractivity contribution in [3.8, 4) is 0 Å². The third-order valence-electron chi connectivity index (χ3n) is 2.33. The summed E-state index contributed by atoms with van der Waals surface area (Å²) in [5, 5.41) is 0.718. The van der Waals surface area contributed by atoms with Crippen LogP contribution >= 0.6 is 66.4 Å². The first kappa shape index (κ1) is 13.9. The summed E-state index contributed by atoms with van der Waals surface area (Å²) in [6.07, 6.45) is 0.737. The van der Waals surface area contributed by atoms with E-state index >= 15 is 0 Å². The summed E-state index contributed by atoms with van der Waals surface area (Å²) in [4.78, 5) is 1.13. The number of benzene rings is 1. The van der Waals surface area contributed by atoms with Gasteiger partial charge >= 0.3 is 0 Å². The summed E-state index contributed by atoms with van der Waals surface area (Å²) in [5.41, 5.74) is 1.08. The summed E-state index contributed by atoms with van der Waals surface area (Å²) in [5.74, 6) is 0. The van der Waals surface area contributed by atoms with Crippen molar-refractivity contribution in [3.63, 3.8) is 0 Å². The Balaban J connectivity index is 2.17. The van der Waals surface area contributed by atoms with Crippen LogP contribution in [0.4, 0.5) is 0 Å². The van der Waals surface area contributed by atoms with Gasteiger partial charge in [0.2, 0.25) is 0 Å². The van der Waals surface area contributed by atoms with Crippen molar-refractivity contribution in [2.45, 2.75) is 11.8 Å². The molecule has 0 spiro atoms. The molecule has 0 N–H and O–H groups in total. The quantitative estimate of drug-likeness (QED) is 0.506. The molecule has 0 saturated heterocycles. The lowest BCUT2D eigenvalue weighted by Crippen LogP contribution is -1.94. The Morgan fingerprint density at radius 3 is 2.53 bits per heavy atom. The largest absolute Gasteiger partial charge is 0.130 e. The molecule has 0 aliphatic carbocycles. The predicted octanol–water partition coefficient (Wildman–Crippen LogP) is 6.45. The van der Waals surface area contributed by atoms with Gasteiger partial charge in [0.1, 0.15) is 0 Å². The van der Waals surface area contributed by atoms with Crippen molar-refractivity contribution in [1.82, 2.24) is 0 Å². The highest BCUT2D eigenvalue weighted by molar-refractivity contribution is 9.13. The van der Waals surface area contributed by atoms with Gasteiger partial charge in [-0.05, 0) is 56.0 Å². The van der Waals surface area contributed by atoms with Crippen molar-refractivity contribution in [2.75, 3.05) is 0 Å². The number of hydrogen-bond donors (Lipinski definition) is 0. The molecule has 1 atom stereocenters. The molecule has 2 aromatic rings. The van der Waals surface area contributed by atoms with Crippen LogP contribution in [0, 0.1) is 0 Å². The van der Waals surface area contributed by atoms with Gasteiger partial charge < -0.3 is 0 Å². The van der Waals surface area contributed by atoms with Gasteiger partial charge in [-0.3, -0.25) is 0 Å². The third kappa shape index (κ3) is 3.48. The summed E-state index contributed by atoms with van der Waals surface area (Å²) < 4.78 is 2.11.